The van der Waals surface area contributed by atoms with E-state index in [1.807, 2.05) is 38.1 Å². The molecule has 0 unspecified atom stereocenters. The quantitative estimate of drug-likeness (QED) is 0.651. The number of aromatic nitrogens is 3. The van der Waals surface area contributed by atoms with Crippen LogP contribution in [-0.4, -0.2) is 40.2 Å². The van der Waals surface area contributed by atoms with E-state index in [0.29, 0.717) is 22.3 Å². The molecule has 3 aromatic rings. The Labute approximate surface area is 166 Å². The van der Waals surface area contributed by atoms with E-state index in [2.05, 4.69) is 15.4 Å². The lowest BCUT2D eigenvalue weighted by Crippen LogP contribution is -2.34. The summed E-state index contributed by atoms with van der Waals surface area (Å²) in [7, 11) is 1.76. The van der Waals surface area contributed by atoms with Crippen molar-refractivity contribution in [2.24, 2.45) is 0 Å². The second-order valence-corrected chi connectivity index (χ2v) is 7.69. The molecule has 3 rings (SSSR count). The number of hydrogen-bond acceptors (Lipinski definition) is 7. The molecule has 2 heterocycles. The Morgan fingerprint density at radius 2 is 2.04 bits per heavy atom. The molecule has 1 amide bonds. The van der Waals surface area contributed by atoms with Crippen LogP contribution in [0.2, 0.25) is 0 Å². The summed E-state index contributed by atoms with van der Waals surface area (Å²) < 4.78 is 6.86. The highest BCUT2D eigenvalue weighted by Gasteiger charge is 2.14. The molecular formula is C19H23N5O3S. The summed E-state index contributed by atoms with van der Waals surface area (Å²) in [5, 5.41) is 7.69. The fourth-order valence-corrected chi connectivity index (χ4v) is 3.48. The molecule has 1 N–H and O–H groups in total. The van der Waals surface area contributed by atoms with Crippen molar-refractivity contribution in [1.82, 2.24) is 19.9 Å². The van der Waals surface area contributed by atoms with E-state index in [-0.39, 0.29) is 24.1 Å². The summed E-state index contributed by atoms with van der Waals surface area (Å²) in [5.41, 5.74) is 1.40. The molecule has 9 heteroatoms. The van der Waals surface area contributed by atoms with Crippen molar-refractivity contribution in [3.05, 3.63) is 51.9 Å². The first-order chi connectivity index (χ1) is 13.3. The lowest BCUT2D eigenvalue weighted by Gasteiger charge is -2.15. The van der Waals surface area contributed by atoms with Gasteiger partial charge in [-0.2, -0.15) is 4.52 Å². The standard InChI is InChI=1S/C19H23N5O3S/c1-12(2)27-15-7-5-14(6-8-15)10-20-16(25)11-23(4)19-22-24-17(26)9-13(3)21-18(24)28-19/h5-9,12H,10-11H2,1-4H3,(H,20,25). The van der Waals surface area contributed by atoms with Crippen molar-refractivity contribution in [2.75, 3.05) is 18.5 Å². The number of aryl methyl sites for hydroxylation is 1. The molecule has 0 aliphatic heterocycles. The van der Waals surface area contributed by atoms with Gasteiger partial charge in [0.05, 0.1) is 12.6 Å². The van der Waals surface area contributed by atoms with Crippen molar-refractivity contribution in [2.45, 2.75) is 33.4 Å². The molecule has 2 aromatic heterocycles. The summed E-state index contributed by atoms with van der Waals surface area (Å²) >= 11 is 1.27. The van der Waals surface area contributed by atoms with Crippen LogP contribution in [-0.2, 0) is 11.3 Å². The normalized spacial score (nSPS) is 11.0. The van der Waals surface area contributed by atoms with E-state index in [1.54, 1.807) is 18.9 Å². The van der Waals surface area contributed by atoms with Crippen LogP contribution in [0.3, 0.4) is 0 Å². The van der Waals surface area contributed by atoms with Gasteiger partial charge in [0.1, 0.15) is 5.75 Å². The number of fused-ring (bicyclic) bond motifs is 1. The van der Waals surface area contributed by atoms with Crippen LogP contribution in [0.1, 0.15) is 25.1 Å². The Balaban J connectivity index is 1.57. The van der Waals surface area contributed by atoms with Crippen molar-refractivity contribution in [1.29, 1.82) is 0 Å². The molecule has 0 bridgehead atoms. The number of amides is 1. The SMILES string of the molecule is Cc1cc(=O)n2nc(N(C)CC(=O)NCc3ccc(OC(C)C)cc3)sc2n1. The van der Waals surface area contributed by atoms with Gasteiger partial charge >= 0.3 is 0 Å². The maximum absolute atomic E-state index is 12.3. The Kier molecular flexibility index (Phi) is 5.93. The fraction of sp³-hybridized carbons (Fsp3) is 0.368. The van der Waals surface area contributed by atoms with Crippen LogP contribution in [0.15, 0.2) is 35.1 Å². The van der Waals surface area contributed by atoms with Gasteiger partial charge in [0.2, 0.25) is 16.0 Å². The summed E-state index contributed by atoms with van der Waals surface area (Å²) in [4.78, 5) is 30.7. The minimum atomic E-state index is -0.229. The first-order valence-electron chi connectivity index (χ1n) is 8.93. The maximum atomic E-state index is 12.3. The average Bonchev–Trinajstić information content (AvgIpc) is 3.05. The zero-order valence-electron chi connectivity index (χ0n) is 16.3. The minimum absolute atomic E-state index is 0.124. The van der Waals surface area contributed by atoms with Crippen LogP contribution in [0.25, 0.3) is 4.96 Å². The van der Waals surface area contributed by atoms with E-state index in [4.69, 9.17) is 4.74 Å². The van der Waals surface area contributed by atoms with Gasteiger partial charge in [-0.3, -0.25) is 9.59 Å². The second kappa shape index (κ2) is 8.39. The minimum Gasteiger partial charge on any atom is -0.491 e. The third-order valence-corrected chi connectivity index (χ3v) is 4.88. The average molecular weight is 401 g/mol. The maximum Gasteiger partial charge on any atom is 0.275 e. The number of likely N-dealkylation sites (N-methyl/N-ethyl adjacent to an activating group) is 1. The zero-order valence-corrected chi connectivity index (χ0v) is 17.1. The number of carbonyl (C=O) groups excluding carboxylic acids is 1. The van der Waals surface area contributed by atoms with Gasteiger partial charge in [-0.05, 0) is 38.5 Å². The van der Waals surface area contributed by atoms with Gasteiger partial charge in [-0.1, -0.05) is 23.5 Å². The highest BCUT2D eigenvalue weighted by Crippen LogP contribution is 2.20. The van der Waals surface area contributed by atoms with Gasteiger partial charge in [-0.25, -0.2) is 4.98 Å². The highest BCUT2D eigenvalue weighted by molar-refractivity contribution is 7.20. The number of benzene rings is 1. The van der Waals surface area contributed by atoms with Gasteiger partial charge < -0.3 is 15.0 Å². The van der Waals surface area contributed by atoms with Crippen molar-refractivity contribution < 1.29 is 9.53 Å². The van der Waals surface area contributed by atoms with E-state index >= 15 is 0 Å². The molecule has 0 aliphatic carbocycles. The van der Waals surface area contributed by atoms with Gasteiger partial charge in [0.25, 0.3) is 5.56 Å². The van der Waals surface area contributed by atoms with Crippen molar-refractivity contribution in [3.8, 4) is 5.75 Å². The van der Waals surface area contributed by atoms with Crippen LogP contribution in [0, 0.1) is 6.92 Å². The molecule has 148 valence electrons. The van der Waals surface area contributed by atoms with Gasteiger partial charge in [0.15, 0.2) is 0 Å². The largest absolute Gasteiger partial charge is 0.491 e. The number of anilines is 1. The predicted octanol–water partition coefficient (Wildman–Crippen LogP) is 2.00. The van der Waals surface area contributed by atoms with Gasteiger partial charge in [0, 0.05) is 25.4 Å². The third kappa shape index (κ3) is 4.86. The Hall–Kier alpha value is -2.94. The number of rotatable bonds is 7. The second-order valence-electron chi connectivity index (χ2n) is 6.76. The third-order valence-electron chi connectivity index (χ3n) is 3.85. The molecule has 8 nitrogen and oxygen atoms in total. The van der Waals surface area contributed by atoms with Crippen LogP contribution in [0.4, 0.5) is 5.13 Å². The summed E-state index contributed by atoms with van der Waals surface area (Å²) in [6.45, 7) is 6.27. The summed E-state index contributed by atoms with van der Waals surface area (Å²) in [6.07, 6.45) is 0.124. The molecule has 0 saturated heterocycles. The fourth-order valence-electron chi connectivity index (χ4n) is 2.56. The number of carbonyl (C=O) groups is 1. The van der Waals surface area contributed by atoms with Crippen LogP contribution >= 0.6 is 11.3 Å². The summed E-state index contributed by atoms with van der Waals surface area (Å²) in [5.74, 6) is 0.667. The molecule has 0 radical (unpaired) electrons. The first kappa shape index (κ1) is 19.8. The first-order valence-corrected chi connectivity index (χ1v) is 9.74. The molecule has 0 fully saturated rings. The highest BCUT2D eigenvalue weighted by atomic mass is 32.1. The van der Waals surface area contributed by atoms with E-state index in [9.17, 15) is 9.59 Å². The van der Waals surface area contributed by atoms with Crippen LogP contribution < -0.4 is 20.5 Å². The monoisotopic (exact) mass is 401 g/mol. The number of hydrogen-bond donors (Lipinski definition) is 1. The van der Waals surface area contributed by atoms with Gasteiger partial charge in [-0.15, -0.1) is 5.10 Å². The zero-order chi connectivity index (χ0) is 20.3. The Morgan fingerprint density at radius 1 is 1.32 bits per heavy atom. The van der Waals surface area contributed by atoms with E-state index in [1.165, 1.54) is 21.9 Å². The van der Waals surface area contributed by atoms with Crippen LogP contribution in [0.5, 0.6) is 5.75 Å². The van der Waals surface area contributed by atoms with E-state index < -0.39 is 0 Å². The topological polar surface area (TPSA) is 88.8 Å². The van der Waals surface area contributed by atoms with Crippen molar-refractivity contribution in [3.63, 3.8) is 0 Å². The molecule has 0 atom stereocenters. The lowest BCUT2D eigenvalue weighted by atomic mass is 10.2. The molecule has 1 aromatic carbocycles. The molecule has 0 aliphatic rings. The van der Waals surface area contributed by atoms with Crippen molar-refractivity contribution >= 4 is 27.3 Å². The molecule has 28 heavy (non-hydrogen) atoms. The summed E-state index contributed by atoms with van der Waals surface area (Å²) in [6, 6.07) is 9.06. The predicted molar refractivity (Wildman–Crippen MR) is 109 cm³/mol. The Bertz CT molecular complexity index is 1030. The molecule has 0 spiro atoms. The lowest BCUT2D eigenvalue weighted by molar-refractivity contribution is -0.119. The number of ether oxygens (including phenoxy) is 1. The molecular weight excluding hydrogens is 378 g/mol. The Morgan fingerprint density at radius 3 is 2.71 bits per heavy atom. The molecule has 0 saturated carbocycles. The smallest absolute Gasteiger partial charge is 0.275 e. The van der Waals surface area contributed by atoms with E-state index in [0.717, 1.165) is 11.3 Å². The number of nitrogens with one attached hydrogen (secondary N) is 1. The number of nitrogens with zero attached hydrogens (tertiary/aromatic N) is 4.